The van der Waals surface area contributed by atoms with Gasteiger partial charge in [-0.1, -0.05) is 75.3 Å². The van der Waals surface area contributed by atoms with Crippen LogP contribution >= 0.6 is 0 Å². The molecule has 0 unspecified atom stereocenters. The maximum Gasteiger partial charge on any atom is 0.143 e. The zero-order valence-corrected chi connectivity index (χ0v) is 22.2. The Morgan fingerprint density at radius 3 is 1.35 bits per heavy atom. The molecule has 0 aromatic carbocycles. The van der Waals surface area contributed by atoms with Gasteiger partial charge in [0.15, 0.2) is 0 Å². The van der Waals surface area contributed by atoms with Crippen molar-refractivity contribution in [3.63, 3.8) is 0 Å². The van der Waals surface area contributed by atoms with Gasteiger partial charge in [0.1, 0.15) is 12.6 Å². The summed E-state index contributed by atoms with van der Waals surface area (Å²) in [4.78, 5) is 20.7. The largest absolute Gasteiger partial charge is 0.389 e. The van der Waals surface area contributed by atoms with E-state index in [0.29, 0.717) is 11.8 Å². The molecule has 0 bridgehead atoms. The molecule has 4 nitrogen and oxygen atoms in total. The molecule has 0 radical (unpaired) electrons. The van der Waals surface area contributed by atoms with Gasteiger partial charge in [0, 0.05) is 11.8 Å². The third kappa shape index (κ3) is 9.15. The molecule has 0 amide bonds. The minimum Gasteiger partial charge on any atom is -0.389 e. The van der Waals surface area contributed by atoms with Gasteiger partial charge < -0.3 is 10.2 Å². The van der Waals surface area contributed by atoms with Crippen LogP contribution in [-0.2, 0) is 9.59 Å². The molecule has 0 saturated heterocycles. The highest BCUT2D eigenvalue weighted by molar-refractivity contribution is 5.67. The number of hydrogen-bond donors (Lipinski definition) is 2. The first-order valence-corrected chi connectivity index (χ1v) is 12.1. The van der Waals surface area contributed by atoms with Crippen molar-refractivity contribution in [3.8, 4) is 0 Å². The number of carbonyl (C=O) groups is 2. The zero-order valence-electron chi connectivity index (χ0n) is 22.2. The highest BCUT2D eigenvalue weighted by Crippen LogP contribution is 2.42. The van der Waals surface area contributed by atoms with Gasteiger partial charge in [0.25, 0.3) is 0 Å². The fourth-order valence-electron chi connectivity index (χ4n) is 5.14. The van der Waals surface area contributed by atoms with Crippen LogP contribution in [-0.4, -0.2) is 35.0 Å². The van der Waals surface area contributed by atoms with Crippen LogP contribution in [0.1, 0.15) is 68.2 Å². The minimum absolute atomic E-state index is 0.0518. The van der Waals surface area contributed by atoms with Gasteiger partial charge in [-0.15, -0.1) is 0 Å². The maximum absolute atomic E-state index is 10.3. The SMILES string of the molecule is CC1=C[C@@H](O)CC(C)(C)[C@@H]1/C=C/C(C)=C/C=O.CC1=C[C@@H](O)CC(C)(C)[C@H]1/C=C/C(C)=C/C=O. The molecular formula is C30H44O4. The summed E-state index contributed by atoms with van der Waals surface area (Å²) in [6, 6.07) is 0. The predicted molar refractivity (Wildman–Crippen MR) is 141 cm³/mol. The predicted octanol–water partition coefficient (Wildman–Crippen LogP) is 6.08. The Morgan fingerprint density at radius 1 is 0.765 bits per heavy atom. The molecule has 188 valence electrons. The van der Waals surface area contributed by atoms with Crippen LogP contribution in [0, 0.1) is 22.7 Å². The second-order valence-corrected chi connectivity index (χ2v) is 11.1. The highest BCUT2D eigenvalue weighted by atomic mass is 16.3. The van der Waals surface area contributed by atoms with E-state index in [4.69, 9.17) is 0 Å². The van der Waals surface area contributed by atoms with Crippen LogP contribution in [0.25, 0.3) is 0 Å². The van der Waals surface area contributed by atoms with Crippen molar-refractivity contribution in [2.24, 2.45) is 22.7 Å². The third-order valence-electron chi connectivity index (χ3n) is 6.81. The molecule has 2 N–H and O–H groups in total. The third-order valence-corrected chi connectivity index (χ3v) is 6.81. The molecule has 0 aromatic rings. The lowest BCUT2D eigenvalue weighted by Gasteiger charge is -2.38. The van der Waals surface area contributed by atoms with E-state index in [-0.39, 0.29) is 23.0 Å². The molecule has 0 fully saturated rings. The van der Waals surface area contributed by atoms with Gasteiger partial charge in [-0.2, -0.15) is 0 Å². The van der Waals surface area contributed by atoms with Crippen molar-refractivity contribution in [1.29, 1.82) is 0 Å². The van der Waals surface area contributed by atoms with E-state index in [1.165, 1.54) is 11.1 Å². The Kier molecular flexibility index (Phi) is 11.3. The molecule has 2 aliphatic rings. The van der Waals surface area contributed by atoms with Gasteiger partial charge in [-0.3, -0.25) is 9.59 Å². The smallest absolute Gasteiger partial charge is 0.143 e. The first-order valence-electron chi connectivity index (χ1n) is 12.1. The van der Waals surface area contributed by atoms with Gasteiger partial charge in [-0.05, 0) is 74.7 Å². The molecule has 0 heterocycles. The summed E-state index contributed by atoms with van der Waals surface area (Å²) < 4.78 is 0. The molecule has 4 atom stereocenters. The molecule has 2 aliphatic carbocycles. The number of carbonyl (C=O) groups excluding carboxylic acids is 2. The lowest BCUT2D eigenvalue weighted by atomic mass is 9.67. The second-order valence-electron chi connectivity index (χ2n) is 11.1. The summed E-state index contributed by atoms with van der Waals surface area (Å²) >= 11 is 0. The topological polar surface area (TPSA) is 74.6 Å². The van der Waals surface area contributed by atoms with Crippen LogP contribution < -0.4 is 0 Å². The molecule has 0 saturated carbocycles. The molecule has 0 aromatic heterocycles. The number of hydrogen-bond acceptors (Lipinski definition) is 4. The minimum atomic E-state index is -0.332. The summed E-state index contributed by atoms with van der Waals surface area (Å²) in [6.07, 6.45) is 17.7. The summed E-state index contributed by atoms with van der Waals surface area (Å²) in [5, 5.41) is 19.5. The summed E-state index contributed by atoms with van der Waals surface area (Å²) in [7, 11) is 0. The van der Waals surface area contributed by atoms with Crippen LogP contribution in [0.5, 0.6) is 0 Å². The Bertz CT molecular complexity index is 819. The Labute approximate surface area is 206 Å². The molecule has 0 aliphatic heterocycles. The van der Waals surface area contributed by atoms with E-state index in [1.54, 1.807) is 12.2 Å². The van der Waals surface area contributed by atoms with Gasteiger partial charge >= 0.3 is 0 Å². The van der Waals surface area contributed by atoms with E-state index in [1.807, 2.05) is 38.2 Å². The van der Waals surface area contributed by atoms with E-state index >= 15 is 0 Å². The molecular weight excluding hydrogens is 424 g/mol. The number of aliphatic hydroxyl groups excluding tert-OH is 2. The number of allylic oxidation sites excluding steroid dienone is 10. The van der Waals surface area contributed by atoms with E-state index in [0.717, 1.165) is 36.6 Å². The molecule has 0 spiro atoms. The average molecular weight is 469 g/mol. The number of aldehydes is 2. The fourth-order valence-corrected chi connectivity index (χ4v) is 5.14. The Morgan fingerprint density at radius 2 is 1.09 bits per heavy atom. The Balaban J connectivity index is 0.000000340. The number of aliphatic hydroxyl groups is 2. The maximum atomic E-state index is 10.3. The molecule has 4 heteroatoms. The average Bonchev–Trinajstić information content (AvgIpc) is 2.65. The van der Waals surface area contributed by atoms with Crippen molar-refractivity contribution in [2.45, 2.75) is 80.4 Å². The van der Waals surface area contributed by atoms with Crippen molar-refractivity contribution >= 4 is 12.6 Å². The van der Waals surface area contributed by atoms with E-state index < -0.39 is 0 Å². The standard InChI is InChI=1S/2C15H22O2/c2*1-11(7-8-16)5-6-14-12(2)9-13(17)10-15(14,3)4/h2*5-9,13-14,17H,10H2,1-4H3/b2*6-5+,11-7+/t13-,14+;13-,14-/m11/s1. The van der Waals surface area contributed by atoms with Crippen LogP contribution in [0.15, 0.2) is 70.9 Å². The van der Waals surface area contributed by atoms with Gasteiger partial charge in [0.2, 0.25) is 0 Å². The van der Waals surface area contributed by atoms with Crippen molar-refractivity contribution in [2.75, 3.05) is 0 Å². The van der Waals surface area contributed by atoms with Crippen molar-refractivity contribution in [3.05, 3.63) is 70.9 Å². The summed E-state index contributed by atoms with van der Waals surface area (Å²) in [5.41, 5.74) is 4.41. The quantitative estimate of drug-likeness (QED) is 0.214. The molecule has 34 heavy (non-hydrogen) atoms. The van der Waals surface area contributed by atoms with Gasteiger partial charge in [-0.25, -0.2) is 0 Å². The number of rotatable bonds is 6. The fraction of sp³-hybridized carbons (Fsp3) is 0.533. The van der Waals surface area contributed by atoms with Crippen molar-refractivity contribution in [1.82, 2.24) is 0 Å². The highest BCUT2D eigenvalue weighted by Gasteiger charge is 2.35. The van der Waals surface area contributed by atoms with Crippen LogP contribution in [0.2, 0.25) is 0 Å². The van der Waals surface area contributed by atoms with Gasteiger partial charge in [0.05, 0.1) is 12.2 Å². The first kappa shape index (κ1) is 29.7. The van der Waals surface area contributed by atoms with Crippen LogP contribution in [0.3, 0.4) is 0 Å². The monoisotopic (exact) mass is 468 g/mol. The summed E-state index contributed by atoms with van der Waals surface area (Å²) in [5.74, 6) is 0.641. The van der Waals surface area contributed by atoms with E-state index in [9.17, 15) is 19.8 Å². The first-order chi connectivity index (χ1) is 15.7. The lowest BCUT2D eigenvalue weighted by Crippen LogP contribution is -2.32. The molecule has 2 rings (SSSR count). The lowest BCUT2D eigenvalue weighted by molar-refractivity contribution is -0.104. The van der Waals surface area contributed by atoms with E-state index in [2.05, 4.69) is 53.7 Å². The van der Waals surface area contributed by atoms with Crippen LogP contribution in [0.4, 0.5) is 0 Å². The zero-order chi connectivity index (χ0) is 26.1. The summed E-state index contributed by atoms with van der Waals surface area (Å²) in [6.45, 7) is 16.6. The van der Waals surface area contributed by atoms with Crippen molar-refractivity contribution < 1.29 is 19.8 Å². The normalized spacial score (nSPS) is 29.2. The second kappa shape index (κ2) is 13.0. The Hall–Kier alpha value is -2.30.